The molecule has 31 heavy (non-hydrogen) atoms. The van der Waals surface area contributed by atoms with Gasteiger partial charge in [0.15, 0.2) is 0 Å². The summed E-state index contributed by atoms with van der Waals surface area (Å²) in [5.74, 6) is 1.90. The normalized spacial score (nSPS) is 13.1. The summed E-state index contributed by atoms with van der Waals surface area (Å²) in [6.07, 6.45) is 2.88. The standard InChI is InChI=1S/C25H24N5P/c1-15-3-2-4-24(29-15)25-21(13-28-30-25)19-10-20(22(14-31)23(26)11-19)17-5-6-18-12-27-8-7-16(18)9-17/h2-6,9-11,13-14,27,31H,7-8,12,26H2,1H3,(H,28,30). The minimum Gasteiger partial charge on any atom is -0.398 e. The van der Waals surface area contributed by atoms with E-state index in [-0.39, 0.29) is 0 Å². The third kappa shape index (κ3) is 3.67. The van der Waals surface area contributed by atoms with Crippen LogP contribution in [0, 0.1) is 6.92 Å². The van der Waals surface area contributed by atoms with Crippen LogP contribution in [0.2, 0.25) is 0 Å². The summed E-state index contributed by atoms with van der Waals surface area (Å²) < 4.78 is 0. The number of fused-ring (bicyclic) bond motifs is 1. The lowest BCUT2D eigenvalue weighted by Crippen LogP contribution is -2.23. The van der Waals surface area contributed by atoms with Crippen LogP contribution in [0.25, 0.3) is 33.6 Å². The number of aryl methyl sites for hydroxylation is 1. The van der Waals surface area contributed by atoms with Gasteiger partial charge in [0.1, 0.15) is 0 Å². The second-order valence-electron chi connectivity index (χ2n) is 7.90. The Morgan fingerprint density at radius 2 is 1.94 bits per heavy atom. The maximum Gasteiger partial charge on any atom is 0.0912 e. The zero-order chi connectivity index (χ0) is 21.4. The predicted molar refractivity (Wildman–Crippen MR) is 131 cm³/mol. The van der Waals surface area contributed by atoms with Crippen LogP contribution in [0.1, 0.15) is 22.4 Å². The molecule has 0 atom stereocenters. The lowest BCUT2D eigenvalue weighted by Gasteiger charge is -2.19. The van der Waals surface area contributed by atoms with Crippen molar-refractivity contribution >= 4 is 20.3 Å². The highest BCUT2D eigenvalue weighted by molar-refractivity contribution is 7.19. The zero-order valence-electron chi connectivity index (χ0n) is 17.4. The molecule has 0 saturated heterocycles. The van der Waals surface area contributed by atoms with Gasteiger partial charge in [0, 0.05) is 29.1 Å². The first-order chi connectivity index (χ1) is 15.1. The molecule has 6 heteroatoms. The Bertz CT molecular complexity index is 1290. The largest absolute Gasteiger partial charge is 0.398 e. The summed E-state index contributed by atoms with van der Waals surface area (Å²) in [5.41, 5.74) is 17.9. The third-order valence-electron chi connectivity index (χ3n) is 5.86. The molecule has 0 radical (unpaired) electrons. The molecule has 2 aromatic heterocycles. The van der Waals surface area contributed by atoms with Gasteiger partial charge in [0.2, 0.25) is 0 Å². The number of pyridine rings is 1. The lowest BCUT2D eigenvalue weighted by atomic mass is 9.90. The van der Waals surface area contributed by atoms with Crippen LogP contribution in [-0.4, -0.2) is 27.5 Å². The van der Waals surface area contributed by atoms with E-state index in [1.165, 1.54) is 11.1 Å². The molecule has 0 aliphatic carbocycles. The van der Waals surface area contributed by atoms with Crippen molar-refractivity contribution in [1.29, 1.82) is 0 Å². The molecule has 0 saturated carbocycles. The number of hydrogen-bond acceptors (Lipinski definition) is 4. The maximum atomic E-state index is 6.51. The van der Waals surface area contributed by atoms with E-state index in [0.29, 0.717) is 5.69 Å². The third-order valence-corrected chi connectivity index (χ3v) is 6.14. The lowest BCUT2D eigenvalue weighted by molar-refractivity contribution is 0.644. The summed E-state index contributed by atoms with van der Waals surface area (Å²) >= 11 is 0. The van der Waals surface area contributed by atoms with Gasteiger partial charge in [-0.3, -0.25) is 10.1 Å². The Kier molecular flexibility index (Phi) is 5.14. The molecule has 1 aliphatic heterocycles. The molecule has 4 aromatic rings. The fourth-order valence-corrected chi connectivity index (χ4v) is 4.58. The fourth-order valence-electron chi connectivity index (χ4n) is 4.26. The minimum absolute atomic E-state index is 0.714. The van der Waals surface area contributed by atoms with Crippen LogP contribution in [-0.2, 0) is 13.0 Å². The Hall–Kier alpha value is -3.27. The number of aromatic amines is 1. The number of nitrogens with two attached hydrogens (primary N) is 1. The van der Waals surface area contributed by atoms with Crippen molar-refractivity contribution in [3.63, 3.8) is 0 Å². The van der Waals surface area contributed by atoms with Crippen LogP contribution in [0.5, 0.6) is 0 Å². The number of aromatic nitrogens is 3. The van der Waals surface area contributed by atoms with Gasteiger partial charge in [-0.25, -0.2) is 0 Å². The first-order valence-corrected chi connectivity index (χ1v) is 11.0. The first kappa shape index (κ1) is 19.7. The van der Waals surface area contributed by atoms with Gasteiger partial charge in [-0.1, -0.05) is 24.3 Å². The van der Waals surface area contributed by atoms with Crippen molar-refractivity contribution in [3.05, 3.63) is 77.1 Å². The molecule has 0 unspecified atom stereocenters. The van der Waals surface area contributed by atoms with E-state index in [4.69, 9.17) is 5.73 Å². The van der Waals surface area contributed by atoms with Crippen LogP contribution in [0.3, 0.4) is 0 Å². The number of anilines is 1. The van der Waals surface area contributed by atoms with Crippen molar-refractivity contribution in [1.82, 2.24) is 20.5 Å². The van der Waals surface area contributed by atoms with Crippen LogP contribution in [0.4, 0.5) is 5.69 Å². The van der Waals surface area contributed by atoms with Crippen molar-refractivity contribution in [3.8, 4) is 33.6 Å². The van der Waals surface area contributed by atoms with E-state index in [2.05, 4.69) is 53.6 Å². The number of hydrogen-bond donors (Lipinski definition) is 3. The topological polar surface area (TPSA) is 79.6 Å². The average Bonchev–Trinajstić information content (AvgIpc) is 3.28. The van der Waals surface area contributed by atoms with Gasteiger partial charge in [0.05, 0.1) is 17.6 Å². The van der Waals surface area contributed by atoms with Crippen LogP contribution in [0.15, 0.2) is 54.7 Å². The quantitative estimate of drug-likeness (QED) is 0.329. The van der Waals surface area contributed by atoms with Crippen molar-refractivity contribution in [2.45, 2.75) is 19.9 Å². The summed E-state index contributed by atoms with van der Waals surface area (Å²) in [6, 6.07) is 16.9. The zero-order valence-corrected chi connectivity index (χ0v) is 18.4. The van der Waals surface area contributed by atoms with E-state index in [0.717, 1.165) is 64.4 Å². The Balaban J connectivity index is 1.66. The van der Waals surface area contributed by atoms with Gasteiger partial charge in [0.25, 0.3) is 0 Å². The van der Waals surface area contributed by atoms with Crippen molar-refractivity contribution < 1.29 is 0 Å². The number of nitrogens with one attached hydrogen (secondary N) is 2. The second kappa shape index (κ2) is 8.10. The van der Waals surface area contributed by atoms with Gasteiger partial charge >= 0.3 is 0 Å². The number of nitrogen functional groups attached to an aromatic ring is 1. The molecule has 0 bridgehead atoms. The molecule has 4 N–H and O–H groups in total. The summed E-state index contributed by atoms with van der Waals surface area (Å²) in [6.45, 7) is 3.93. The highest BCUT2D eigenvalue weighted by Crippen LogP contribution is 2.37. The first-order valence-electron chi connectivity index (χ1n) is 10.4. The average molecular weight is 425 g/mol. The number of nitrogens with zero attached hydrogens (tertiary/aromatic N) is 2. The molecule has 1 aliphatic rings. The number of rotatable bonds is 4. The molecular weight excluding hydrogens is 401 g/mol. The van der Waals surface area contributed by atoms with Gasteiger partial charge < -0.3 is 11.1 Å². The highest BCUT2D eigenvalue weighted by atomic mass is 31.0. The van der Waals surface area contributed by atoms with Crippen LogP contribution < -0.4 is 11.1 Å². The molecule has 0 fully saturated rings. The number of H-pyrrole nitrogens is 1. The molecule has 3 heterocycles. The van der Waals surface area contributed by atoms with E-state index < -0.39 is 0 Å². The number of benzene rings is 2. The van der Waals surface area contributed by atoms with Crippen molar-refractivity contribution in [2.75, 3.05) is 12.3 Å². The summed E-state index contributed by atoms with van der Waals surface area (Å²) in [5, 5.41) is 10.9. The molecule has 5 nitrogen and oxygen atoms in total. The van der Waals surface area contributed by atoms with E-state index in [9.17, 15) is 0 Å². The fraction of sp³-hybridized carbons (Fsp3) is 0.160. The molecular formula is C25H24N5P. The Labute approximate surface area is 184 Å². The summed E-state index contributed by atoms with van der Waals surface area (Å²) in [4.78, 5) is 4.66. The van der Waals surface area contributed by atoms with Gasteiger partial charge in [-0.15, -0.1) is 8.86 Å². The van der Waals surface area contributed by atoms with Gasteiger partial charge in [-0.2, -0.15) is 5.10 Å². The second-order valence-corrected chi connectivity index (χ2v) is 8.19. The molecule has 154 valence electrons. The van der Waals surface area contributed by atoms with E-state index in [1.54, 1.807) is 0 Å². The smallest absolute Gasteiger partial charge is 0.0912 e. The Morgan fingerprint density at radius 3 is 2.77 bits per heavy atom. The maximum absolute atomic E-state index is 6.51. The van der Waals surface area contributed by atoms with Crippen LogP contribution >= 0.6 is 8.86 Å². The SMILES string of the molecule is Cc1cccc(-c2[nH]ncc2-c2cc(N)c(C=P)c(-c3ccc4c(c3)CCNC4)c2)n1. The summed E-state index contributed by atoms with van der Waals surface area (Å²) in [7, 11) is 3.58. The highest BCUT2D eigenvalue weighted by Gasteiger charge is 2.17. The predicted octanol–water partition coefficient (Wildman–Crippen LogP) is 4.64. The molecule has 0 spiro atoms. The molecule has 5 rings (SSSR count). The minimum atomic E-state index is 0.714. The van der Waals surface area contributed by atoms with E-state index in [1.807, 2.05) is 43.2 Å². The van der Waals surface area contributed by atoms with Gasteiger partial charge in [-0.05, 0) is 77.8 Å². The van der Waals surface area contributed by atoms with E-state index >= 15 is 0 Å². The van der Waals surface area contributed by atoms with Crippen molar-refractivity contribution in [2.24, 2.45) is 0 Å². The molecule has 0 amide bonds. The Morgan fingerprint density at radius 1 is 1.03 bits per heavy atom. The monoisotopic (exact) mass is 425 g/mol. The molecule has 2 aromatic carbocycles.